The third-order valence-electron chi connectivity index (χ3n) is 4.70. The SMILES string of the molecule is CC(C)C(=O)N1CCC2(CC1)N(c1ccccc1)C(=O)CS2=O. The molecule has 1 atom stereocenters. The molecule has 2 aliphatic rings. The lowest BCUT2D eigenvalue weighted by molar-refractivity contribution is -0.135. The van der Waals surface area contributed by atoms with Crippen molar-refractivity contribution in [1.29, 1.82) is 0 Å². The van der Waals surface area contributed by atoms with Gasteiger partial charge in [-0.1, -0.05) is 32.0 Å². The molecule has 2 amide bonds. The summed E-state index contributed by atoms with van der Waals surface area (Å²) >= 11 is 0. The summed E-state index contributed by atoms with van der Waals surface area (Å²) < 4.78 is 12.7. The molecule has 23 heavy (non-hydrogen) atoms. The Morgan fingerprint density at radius 2 is 1.78 bits per heavy atom. The van der Waals surface area contributed by atoms with Crippen LogP contribution < -0.4 is 4.90 Å². The van der Waals surface area contributed by atoms with Crippen molar-refractivity contribution in [3.8, 4) is 0 Å². The van der Waals surface area contributed by atoms with Crippen molar-refractivity contribution in [2.75, 3.05) is 23.7 Å². The maximum absolute atomic E-state index is 12.7. The van der Waals surface area contributed by atoms with E-state index < -0.39 is 15.7 Å². The van der Waals surface area contributed by atoms with Gasteiger partial charge in [0.05, 0.1) is 10.8 Å². The first-order chi connectivity index (χ1) is 11.0. The summed E-state index contributed by atoms with van der Waals surface area (Å²) in [7, 11) is -1.23. The minimum Gasteiger partial charge on any atom is -0.342 e. The molecule has 2 heterocycles. The Labute approximate surface area is 139 Å². The molecule has 0 bridgehead atoms. The standard InChI is InChI=1S/C17H22N2O3S/c1-13(2)16(21)18-10-8-17(9-11-18)19(15(20)12-23(17)22)14-6-4-3-5-7-14/h3-7,13H,8-12H2,1-2H3. The first-order valence-corrected chi connectivity index (χ1v) is 9.33. The number of carbonyl (C=O) groups is 2. The van der Waals surface area contributed by atoms with E-state index in [2.05, 4.69) is 0 Å². The number of anilines is 1. The molecule has 2 fully saturated rings. The molecule has 0 N–H and O–H groups in total. The number of amides is 2. The van der Waals surface area contributed by atoms with E-state index in [9.17, 15) is 13.8 Å². The lowest BCUT2D eigenvalue weighted by Crippen LogP contribution is -2.56. The number of rotatable bonds is 2. The lowest BCUT2D eigenvalue weighted by atomic mass is 10.00. The Morgan fingerprint density at radius 3 is 2.35 bits per heavy atom. The maximum atomic E-state index is 12.7. The Morgan fingerprint density at radius 1 is 1.17 bits per heavy atom. The highest BCUT2D eigenvalue weighted by molar-refractivity contribution is 7.88. The quantitative estimate of drug-likeness (QED) is 0.828. The number of piperidine rings is 1. The van der Waals surface area contributed by atoms with E-state index in [1.807, 2.05) is 49.1 Å². The lowest BCUT2D eigenvalue weighted by Gasteiger charge is -2.43. The van der Waals surface area contributed by atoms with Gasteiger partial charge in [-0.2, -0.15) is 0 Å². The van der Waals surface area contributed by atoms with Crippen molar-refractivity contribution in [3.63, 3.8) is 0 Å². The molecule has 2 aliphatic heterocycles. The van der Waals surface area contributed by atoms with Crippen molar-refractivity contribution in [2.24, 2.45) is 5.92 Å². The van der Waals surface area contributed by atoms with Gasteiger partial charge in [0.15, 0.2) is 0 Å². The van der Waals surface area contributed by atoms with Crippen LogP contribution in [0.15, 0.2) is 30.3 Å². The second-order valence-corrected chi connectivity index (χ2v) is 8.22. The van der Waals surface area contributed by atoms with Crippen molar-refractivity contribution in [2.45, 2.75) is 31.6 Å². The van der Waals surface area contributed by atoms with Crippen LogP contribution in [0.3, 0.4) is 0 Å². The van der Waals surface area contributed by atoms with Crippen LogP contribution in [0.1, 0.15) is 26.7 Å². The smallest absolute Gasteiger partial charge is 0.240 e. The predicted octanol–water partition coefficient (Wildman–Crippen LogP) is 1.76. The summed E-state index contributed by atoms with van der Waals surface area (Å²) in [6.07, 6.45) is 1.14. The van der Waals surface area contributed by atoms with Crippen LogP contribution in [-0.2, 0) is 20.4 Å². The monoisotopic (exact) mass is 334 g/mol. The molecular formula is C17H22N2O3S. The Kier molecular flexibility index (Phi) is 4.27. The summed E-state index contributed by atoms with van der Waals surface area (Å²) in [5.74, 6) is 0.0805. The number of hydrogen-bond donors (Lipinski definition) is 0. The summed E-state index contributed by atoms with van der Waals surface area (Å²) in [5, 5.41) is 0. The van der Waals surface area contributed by atoms with Crippen molar-refractivity contribution >= 4 is 28.3 Å². The molecule has 2 saturated heterocycles. The number of nitrogens with zero attached hydrogens (tertiary/aromatic N) is 2. The number of benzene rings is 1. The fraction of sp³-hybridized carbons (Fsp3) is 0.529. The molecule has 5 nitrogen and oxygen atoms in total. The first kappa shape index (κ1) is 16.2. The normalized spacial score (nSPS) is 23.8. The van der Waals surface area contributed by atoms with E-state index in [0.29, 0.717) is 25.9 Å². The first-order valence-electron chi connectivity index (χ1n) is 8.01. The van der Waals surface area contributed by atoms with Gasteiger partial charge in [0.2, 0.25) is 11.8 Å². The molecule has 3 rings (SSSR count). The zero-order valence-corrected chi connectivity index (χ0v) is 14.3. The minimum absolute atomic E-state index is 0.0371. The zero-order chi connectivity index (χ0) is 16.6. The van der Waals surface area contributed by atoms with Crippen LogP contribution in [0.5, 0.6) is 0 Å². The molecule has 0 aromatic heterocycles. The summed E-state index contributed by atoms with van der Waals surface area (Å²) in [5.41, 5.74) is 0.798. The highest BCUT2D eigenvalue weighted by atomic mass is 32.2. The molecule has 0 aliphatic carbocycles. The highest BCUT2D eigenvalue weighted by Crippen LogP contribution is 2.40. The molecule has 0 radical (unpaired) electrons. The fourth-order valence-corrected chi connectivity index (χ4v) is 5.16. The topological polar surface area (TPSA) is 57.7 Å². The summed E-state index contributed by atoms with van der Waals surface area (Å²) in [4.78, 5) is 27.5. The molecular weight excluding hydrogens is 312 g/mol. The van der Waals surface area contributed by atoms with Crippen LogP contribution in [0.4, 0.5) is 5.69 Å². The van der Waals surface area contributed by atoms with E-state index in [1.165, 1.54) is 0 Å². The fourth-order valence-electron chi connectivity index (χ4n) is 3.49. The number of para-hydroxylation sites is 1. The van der Waals surface area contributed by atoms with Gasteiger partial charge in [-0.3, -0.25) is 18.7 Å². The Hall–Kier alpha value is -1.69. The molecule has 124 valence electrons. The van der Waals surface area contributed by atoms with Gasteiger partial charge in [0.1, 0.15) is 10.6 Å². The van der Waals surface area contributed by atoms with Gasteiger partial charge in [-0.25, -0.2) is 0 Å². The minimum atomic E-state index is -1.23. The van der Waals surface area contributed by atoms with Crippen LogP contribution in [0.25, 0.3) is 0 Å². The number of hydrogen-bond acceptors (Lipinski definition) is 3. The third kappa shape index (κ3) is 2.69. The summed E-state index contributed by atoms with van der Waals surface area (Å²) in [6, 6.07) is 9.43. The average Bonchev–Trinajstić information content (AvgIpc) is 2.78. The Balaban J connectivity index is 1.87. The number of likely N-dealkylation sites (tertiary alicyclic amines) is 1. The van der Waals surface area contributed by atoms with E-state index in [-0.39, 0.29) is 23.5 Å². The van der Waals surface area contributed by atoms with Crippen molar-refractivity contribution in [3.05, 3.63) is 30.3 Å². The van der Waals surface area contributed by atoms with Crippen LogP contribution in [0.2, 0.25) is 0 Å². The van der Waals surface area contributed by atoms with Gasteiger partial charge < -0.3 is 4.90 Å². The molecule has 1 spiro atoms. The van der Waals surface area contributed by atoms with Crippen molar-refractivity contribution < 1.29 is 13.8 Å². The Bertz CT molecular complexity index is 636. The van der Waals surface area contributed by atoms with Gasteiger partial charge in [0, 0.05) is 37.5 Å². The highest BCUT2D eigenvalue weighted by Gasteiger charge is 2.53. The van der Waals surface area contributed by atoms with Gasteiger partial charge in [-0.05, 0) is 12.1 Å². The largest absolute Gasteiger partial charge is 0.342 e. The second kappa shape index (κ2) is 6.07. The molecule has 6 heteroatoms. The van der Waals surface area contributed by atoms with E-state index in [4.69, 9.17) is 0 Å². The molecule has 1 aromatic carbocycles. The van der Waals surface area contributed by atoms with E-state index in [1.54, 1.807) is 4.90 Å². The zero-order valence-electron chi connectivity index (χ0n) is 13.5. The van der Waals surface area contributed by atoms with Crippen LogP contribution >= 0.6 is 0 Å². The predicted molar refractivity (Wildman–Crippen MR) is 90.3 cm³/mol. The third-order valence-corrected chi connectivity index (χ3v) is 6.65. The van der Waals surface area contributed by atoms with Gasteiger partial charge in [-0.15, -0.1) is 0 Å². The second-order valence-electron chi connectivity index (χ2n) is 6.48. The van der Waals surface area contributed by atoms with E-state index >= 15 is 0 Å². The summed E-state index contributed by atoms with van der Waals surface area (Å²) in [6.45, 7) is 4.89. The van der Waals surface area contributed by atoms with Crippen LogP contribution in [-0.4, -0.2) is 44.6 Å². The van der Waals surface area contributed by atoms with Crippen LogP contribution in [0, 0.1) is 5.92 Å². The van der Waals surface area contributed by atoms with E-state index in [0.717, 1.165) is 5.69 Å². The molecule has 1 unspecified atom stereocenters. The molecule has 1 aromatic rings. The molecule has 0 saturated carbocycles. The van der Waals surface area contributed by atoms with Gasteiger partial charge in [0.25, 0.3) is 0 Å². The van der Waals surface area contributed by atoms with Gasteiger partial charge >= 0.3 is 0 Å². The average molecular weight is 334 g/mol. The van der Waals surface area contributed by atoms with Crippen molar-refractivity contribution in [1.82, 2.24) is 4.90 Å². The number of carbonyl (C=O) groups excluding carboxylic acids is 2. The maximum Gasteiger partial charge on any atom is 0.240 e.